The molecule has 0 saturated carbocycles. The molecular weight excluding hydrogens is 282 g/mol. The molecule has 0 unspecified atom stereocenters. The van der Waals surface area contributed by atoms with Crippen molar-refractivity contribution in [2.75, 3.05) is 38.5 Å². The monoisotopic (exact) mass is 299 g/mol. The maximum Gasteiger partial charge on any atom is 0.269 e. The van der Waals surface area contributed by atoms with E-state index >= 15 is 0 Å². The van der Waals surface area contributed by atoms with E-state index in [2.05, 4.69) is 10.2 Å². The Morgan fingerprint density at radius 2 is 1.80 bits per heavy atom. The van der Waals surface area contributed by atoms with E-state index in [0.29, 0.717) is 6.54 Å². The lowest BCUT2D eigenvalue weighted by atomic mass is 10.3. The average Bonchev–Trinajstić information content (AvgIpc) is 2.46. The van der Waals surface area contributed by atoms with Gasteiger partial charge in [0.25, 0.3) is 5.69 Å². The van der Waals surface area contributed by atoms with Gasteiger partial charge in [-0.2, -0.15) is 0 Å². The molecule has 0 bridgehead atoms. The van der Waals surface area contributed by atoms with Gasteiger partial charge in [0.05, 0.1) is 15.6 Å². The van der Waals surface area contributed by atoms with Crippen molar-refractivity contribution in [2.45, 2.75) is 4.90 Å². The zero-order valence-electron chi connectivity index (χ0n) is 11.0. The van der Waals surface area contributed by atoms with Crippen LogP contribution in [-0.2, 0) is 9.84 Å². The van der Waals surface area contributed by atoms with Crippen LogP contribution in [0.2, 0.25) is 0 Å². The van der Waals surface area contributed by atoms with E-state index in [-0.39, 0.29) is 16.3 Å². The maximum atomic E-state index is 12.1. The van der Waals surface area contributed by atoms with Gasteiger partial charge in [0, 0.05) is 44.9 Å². The molecule has 0 spiro atoms. The van der Waals surface area contributed by atoms with Gasteiger partial charge in [0.15, 0.2) is 9.84 Å². The van der Waals surface area contributed by atoms with Crippen LogP contribution in [0.3, 0.4) is 0 Å². The molecule has 0 radical (unpaired) electrons. The molecule has 0 amide bonds. The summed E-state index contributed by atoms with van der Waals surface area (Å²) in [5, 5.41) is 13.7. The third-order valence-corrected chi connectivity index (χ3v) is 5.00. The largest absolute Gasteiger partial charge is 0.314 e. The highest BCUT2D eigenvalue weighted by Gasteiger charge is 2.18. The summed E-state index contributed by atoms with van der Waals surface area (Å²) in [4.78, 5) is 12.2. The van der Waals surface area contributed by atoms with Crippen molar-refractivity contribution in [1.29, 1.82) is 0 Å². The van der Waals surface area contributed by atoms with Crippen LogP contribution in [0.4, 0.5) is 5.69 Å². The van der Waals surface area contributed by atoms with Crippen molar-refractivity contribution in [3.8, 4) is 0 Å². The van der Waals surface area contributed by atoms with Gasteiger partial charge in [-0.05, 0) is 12.1 Å². The smallest absolute Gasteiger partial charge is 0.269 e. The fourth-order valence-corrected chi connectivity index (χ4v) is 3.36. The third kappa shape index (κ3) is 3.75. The number of non-ortho nitro benzene ring substituents is 1. The standard InChI is InChI=1S/C12H17N3O4S/c16-15(17)11-1-3-12(4-2-11)20(18,19)10-9-14-7-5-13-6-8-14/h1-4,13H,5-10H2. The number of sulfone groups is 1. The van der Waals surface area contributed by atoms with Crippen LogP contribution in [0.5, 0.6) is 0 Å². The molecule has 0 aromatic heterocycles. The van der Waals surface area contributed by atoms with Crippen LogP contribution >= 0.6 is 0 Å². The molecule has 1 saturated heterocycles. The van der Waals surface area contributed by atoms with Crippen LogP contribution in [0.25, 0.3) is 0 Å². The lowest BCUT2D eigenvalue weighted by Crippen LogP contribution is -2.45. The van der Waals surface area contributed by atoms with E-state index in [9.17, 15) is 18.5 Å². The summed E-state index contributed by atoms with van der Waals surface area (Å²) in [5.41, 5.74) is -0.106. The lowest BCUT2D eigenvalue weighted by molar-refractivity contribution is -0.384. The molecule has 110 valence electrons. The minimum Gasteiger partial charge on any atom is -0.314 e. The first-order chi connectivity index (χ1) is 9.49. The Bertz CT molecular complexity index is 565. The predicted molar refractivity (Wildman–Crippen MR) is 74.5 cm³/mol. The number of nitrogens with zero attached hydrogens (tertiary/aromatic N) is 2. The van der Waals surface area contributed by atoms with E-state index in [1.807, 2.05) is 0 Å². The first-order valence-corrected chi connectivity index (χ1v) is 8.04. The molecule has 1 fully saturated rings. The van der Waals surface area contributed by atoms with E-state index in [1.165, 1.54) is 24.3 Å². The number of nitrogens with one attached hydrogen (secondary N) is 1. The van der Waals surface area contributed by atoms with E-state index in [1.54, 1.807) is 0 Å². The minimum absolute atomic E-state index is 0.0326. The predicted octanol–water partition coefficient (Wildman–Crippen LogP) is 0.274. The van der Waals surface area contributed by atoms with Crippen molar-refractivity contribution in [3.05, 3.63) is 34.4 Å². The number of hydrogen-bond acceptors (Lipinski definition) is 6. The van der Waals surface area contributed by atoms with Crippen LogP contribution in [0.15, 0.2) is 29.2 Å². The second kappa shape index (κ2) is 6.29. The van der Waals surface area contributed by atoms with E-state index < -0.39 is 14.8 Å². The van der Waals surface area contributed by atoms with Gasteiger partial charge in [0.1, 0.15) is 0 Å². The first-order valence-electron chi connectivity index (χ1n) is 6.39. The molecule has 1 N–H and O–H groups in total. The molecule has 8 heteroatoms. The van der Waals surface area contributed by atoms with E-state index in [4.69, 9.17) is 0 Å². The molecule has 1 aromatic rings. The highest BCUT2D eigenvalue weighted by atomic mass is 32.2. The SMILES string of the molecule is O=[N+]([O-])c1ccc(S(=O)(=O)CCN2CCNCC2)cc1. The van der Waals surface area contributed by atoms with Gasteiger partial charge in [0.2, 0.25) is 0 Å². The second-order valence-corrected chi connectivity index (χ2v) is 6.77. The summed E-state index contributed by atoms with van der Waals surface area (Å²) >= 11 is 0. The Labute approximate surface area is 117 Å². The zero-order valence-corrected chi connectivity index (χ0v) is 11.8. The molecule has 1 aliphatic rings. The summed E-state index contributed by atoms with van der Waals surface area (Å²) in [6, 6.07) is 5.03. The van der Waals surface area contributed by atoms with Gasteiger partial charge in [-0.1, -0.05) is 0 Å². The summed E-state index contributed by atoms with van der Waals surface area (Å²) in [6.07, 6.45) is 0. The highest BCUT2D eigenvalue weighted by Crippen LogP contribution is 2.17. The molecule has 2 rings (SSSR count). The quantitative estimate of drug-likeness (QED) is 0.620. The number of nitro groups is 1. The molecule has 0 atom stereocenters. The van der Waals surface area contributed by atoms with Gasteiger partial charge in [-0.3, -0.25) is 15.0 Å². The summed E-state index contributed by atoms with van der Waals surface area (Å²) in [6.45, 7) is 3.92. The molecule has 1 heterocycles. The maximum absolute atomic E-state index is 12.1. The Hall–Kier alpha value is -1.51. The van der Waals surface area contributed by atoms with E-state index in [0.717, 1.165) is 26.2 Å². The van der Waals surface area contributed by atoms with Crippen molar-refractivity contribution in [2.24, 2.45) is 0 Å². The summed E-state index contributed by atoms with van der Waals surface area (Å²) < 4.78 is 24.3. The fraction of sp³-hybridized carbons (Fsp3) is 0.500. The van der Waals surface area contributed by atoms with Crippen molar-refractivity contribution >= 4 is 15.5 Å². The molecule has 1 aromatic carbocycles. The number of rotatable bonds is 5. The zero-order chi connectivity index (χ0) is 14.6. The molecule has 0 aliphatic carbocycles. The van der Waals surface area contributed by atoms with Gasteiger partial charge >= 0.3 is 0 Å². The van der Waals surface area contributed by atoms with Crippen LogP contribution in [0, 0.1) is 10.1 Å². The second-order valence-electron chi connectivity index (χ2n) is 4.66. The Balaban J connectivity index is 2.00. The topological polar surface area (TPSA) is 92.5 Å². The Morgan fingerprint density at radius 3 is 2.35 bits per heavy atom. The molecule has 7 nitrogen and oxygen atoms in total. The van der Waals surface area contributed by atoms with Gasteiger partial charge in [-0.25, -0.2) is 8.42 Å². The number of hydrogen-bond donors (Lipinski definition) is 1. The van der Waals surface area contributed by atoms with Gasteiger partial charge in [-0.15, -0.1) is 0 Å². The normalized spacial score (nSPS) is 17.0. The Morgan fingerprint density at radius 1 is 1.20 bits per heavy atom. The average molecular weight is 299 g/mol. The van der Waals surface area contributed by atoms with Crippen molar-refractivity contribution in [3.63, 3.8) is 0 Å². The Kier molecular flexibility index (Phi) is 4.69. The molecule has 1 aliphatic heterocycles. The van der Waals surface area contributed by atoms with Crippen LogP contribution < -0.4 is 5.32 Å². The summed E-state index contributed by atoms with van der Waals surface area (Å²) in [7, 11) is -3.39. The van der Waals surface area contributed by atoms with Crippen molar-refractivity contribution in [1.82, 2.24) is 10.2 Å². The van der Waals surface area contributed by atoms with Crippen molar-refractivity contribution < 1.29 is 13.3 Å². The number of benzene rings is 1. The third-order valence-electron chi connectivity index (χ3n) is 3.29. The fourth-order valence-electron chi connectivity index (χ4n) is 2.08. The molecular formula is C12H17N3O4S. The molecule has 20 heavy (non-hydrogen) atoms. The van der Waals surface area contributed by atoms with Gasteiger partial charge < -0.3 is 5.32 Å². The first kappa shape index (κ1) is 14.9. The number of piperazine rings is 1. The minimum atomic E-state index is -3.39. The van der Waals surface area contributed by atoms with Crippen LogP contribution in [-0.4, -0.2) is 56.7 Å². The van der Waals surface area contributed by atoms with Crippen LogP contribution in [0.1, 0.15) is 0 Å². The summed E-state index contributed by atoms with van der Waals surface area (Å²) in [5.74, 6) is 0.0326. The number of nitro benzene ring substituents is 1. The lowest BCUT2D eigenvalue weighted by Gasteiger charge is -2.26. The highest BCUT2D eigenvalue weighted by molar-refractivity contribution is 7.91.